The second kappa shape index (κ2) is 7.39. The van der Waals surface area contributed by atoms with E-state index in [1.807, 2.05) is 30.3 Å². The minimum Gasteiger partial charge on any atom is -0.355 e. The van der Waals surface area contributed by atoms with Crippen molar-refractivity contribution in [3.8, 4) is 0 Å². The lowest BCUT2D eigenvalue weighted by Crippen LogP contribution is -2.18. The normalized spacial score (nSPS) is 10.3. The van der Waals surface area contributed by atoms with E-state index in [0.717, 1.165) is 5.56 Å². The number of aromatic nitrogens is 3. The Morgan fingerprint density at radius 2 is 1.84 bits per heavy atom. The molecule has 2 aromatic carbocycles. The molecule has 0 saturated heterocycles. The van der Waals surface area contributed by atoms with Gasteiger partial charge in [-0.25, -0.2) is 4.68 Å². The fourth-order valence-electron chi connectivity index (χ4n) is 2.33. The Morgan fingerprint density at radius 1 is 1.04 bits per heavy atom. The maximum absolute atomic E-state index is 12.3. The van der Waals surface area contributed by atoms with Gasteiger partial charge < -0.3 is 10.6 Å². The Kier molecular flexibility index (Phi) is 4.84. The van der Waals surface area contributed by atoms with Gasteiger partial charge in [0.05, 0.1) is 12.7 Å². The van der Waals surface area contributed by atoms with Gasteiger partial charge in [0.2, 0.25) is 0 Å². The number of carbonyl (C=O) groups excluding carboxylic acids is 2. The molecule has 126 valence electrons. The van der Waals surface area contributed by atoms with Crippen LogP contribution < -0.4 is 10.6 Å². The molecule has 1 aromatic heterocycles. The summed E-state index contributed by atoms with van der Waals surface area (Å²) >= 11 is 0. The molecule has 25 heavy (non-hydrogen) atoms. The van der Waals surface area contributed by atoms with Gasteiger partial charge in [0.15, 0.2) is 5.69 Å². The highest BCUT2D eigenvalue weighted by molar-refractivity contribution is 6.03. The molecule has 0 saturated carbocycles. The minimum absolute atomic E-state index is 0.210. The zero-order valence-corrected chi connectivity index (χ0v) is 13.6. The standard InChI is InChI=1S/C18H17N5O2/c1-19-17(24)14-8-5-9-15(10-14)20-18(25)16-12-23(22-21-16)11-13-6-3-2-4-7-13/h2-10,12H,11H2,1H3,(H,19,24)(H,20,25). The maximum Gasteiger partial charge on any atom is 0.277 e. The number of amides is 2. The highest BCUT2D eigenvalue weighted by atomic mass is 16.2. The van der Waals surface area contributed by atoms with Gasteiger partial charge in [-0.05, 0) is 23.8 Å². The number of benzene rings is 2. The molecule has 0 unspecified atom stereocenters. The predicted octanol–water partition coefficient (Wildman–Crippen LogP) is 1.94. The van der Waals surface area contributed by atoms with Crippen molar-refractivity contribution in [2.75, 3.05) is 12.4 Å². The number of nitrogens with zero attached hydrogens (tertiary/aromatic N) is 3. The van der Waals surface area contributed by atoms with E-state index < -0.39 is 0 Å². The van der Waals surface area contributed by atoms with Crippen molar-refractivity contribution in [1.29, 1.82) is 0 Å². The lowest BCUT2D eigenvalue weighted by molar-refractivity contribution is 0.0961. The maximum atomic E-state index is 12.3. The molecule has 0 aliphatic heterocycles. The van der Waals surface area contributed by atoms with Crippen LogP contribution in [0, 0.1) is 0 Å². The quantitative estimate of drug-likeness (QED) is 0.746. The van der Waals surface area contributed by atoms with Gasteiger partial charge >= 0.3 is 0 Å². The smallest absolute Gasteiger partial charge is 0.277 e. The predicted molar refractivity (Wildman–Crippen MR) is 93.4 cm³/mol. The summed E-state index contributed by atoms with van der Waals surface area (Å²) in [6, 6.07) is 16.5. The summed E-state index contributed by atoms with van der Waals surface area (Å²) in [6.07, 6.45) is 1.59. The minimum atomic E-state index is -0.381. The Hall–Kier alpha value is -3.48. The third kappa shape index (κ3) is 4.08. The largest absolute Gasteiger partial charge is 0.355 e. The number of rotatable bonds is 5. The molecule has 0 spiro atoms. The number of hydrogen-bond donors (Lipinski definition) is 2. The van der Waals surface area contributed by atoms with Gasteiger partial charge in [-0.2, -0.15) is 0 Å². The fraction of sp³-hybridized carbons (Fsp3) is 0.111. The van der Waals surface area contributed by atoms with E-state index in [0.29, 0.717) is 17.8 Å². The summed E-state index contributed by atoms with van der Waals surface area (Å²) in [5.74, 6) is -0.599. The van der Waals surface area contributed by atoms with Crippen LogP contribution in [0.3, 0.4) is 0 Å². The van der Waals surface area contributed by atoms with E-state index in [1.54, 1.807) is 42.2 Å². The Balaban J connectivity index is 1.69. The van der Waals surface area contributed by atoms with E-state index >= 15 is 0 Å². The number of nitrogens with one attached hydrogen (secondary N) is 2. The molecule has 0 fully saturated rings. The number of anilines is 1. The van der Waals surface area contributed by atoms with Crippen molar-refractivity contribution in [3.05, 3.63) is 77.6 Å². The monoisotopic (exact) mass is 335 g/mol. The van der Waals surface area contributed by atoms with Crippen LogP contribution in [0.2, 0.25) is 0 Å². The van der Waals surface area contributed by atoms with Gasteiger partial charge in [0.1, 0.15) is 0 Å². The topological polar surface area (TPSA) is 88.9 Å². The highest BCUT2D eigenvalue weighted by Gasteiger charge is 2.12. The lowest BCUT2D eigenvalue weighted by atomic mass is 10.2. The first kappa shape index (κ1) is 16.4. The Labute approximate surface area is 144 Å². The zero-order chi connectivity index (χ0) is 17.6. The number of hydrogen-bond acceptors (Lipinski definition) is 4. The molecule has 7 heteroatoms. The first-order valence-electron chi connectivity index (χ1n) is 7.73. The summed E-state index contributed by atoms with van der Waals surface area (Å²) in [4.78, 5) is 24.0. The van der Waals surface area contributed by atoms with Crippen molar-refractivity contribution < 1.29 is 9.59 Å². The molecule has 0 atom stereocenters. The van der Waals surface area contributed by atoms with Crippen molar-refractivity contribution in [3.63, 3.8) is 0 Å². The van der Waals surface area contributed by atoms with E-state index in [9.17, 15) is 9.59 Å². The summed E-state index contributed by atoms with van der Waals surface area (Å²) in [7, 11) is 1.55. The third-order valence-corrected chi connectivity index (χ3v) is 3.57. The highest BCUT2D eigenvalue weighted by Crippen LogP contribution is 2.12. The fourth-order valence-corrected chi connectivity index (χ4v) is 2.33. The first-order valence-corrected chi connectivity index (χ1v) is 7.73. The molecule has 2 N–H and O–H groups in total. The SMILES string of the molecule is CNC(=O)c1cccc(NC(=O)c2cn(Cc3ccccc3)nn2)c1. The van der Waals surface area contributed by atoms with Crippen molar-refractivity contribution in [2.45, 2.75) is 6.54 Å². The first-order chi connectivity index (χ1) is 12.2. The molecule has 0 radical (unpaired) electrons. The molecule has 3 aromatic rings. The third-order valence-electron chi connectivity index (χ3n) is 3.57. The van der Waals surface area contributed by atoms with Gasteiger partial charge in [0, 0.05) is 18.3 Å². The average molecular weight is 335 g/mol. The van der Waals surface area contributed by atoms with Crippen LogP contribution in [0.1, 0.15) is 26.4 Å². The Bertz CT molecular complexity index is 889. The van der Waals surface area contributed by atoms with E-state index in [1.165, 1.54) is 0 Å². The van der Waals surface area contributed by atoms with Gasteiger partial charge in [-0.15, -0.1) is 5.10 Å². The molecule has 7 nitrogen and oxygen atoms in total. The number of carbonyl (C=O) groups is 2. The summed E-state index contributed by atoms with van der Waals surface area (Å²) in [6.45, 7) is 0.535. The summed E-state index contributed by atoms with van der Waals surface area (Å²) < 4.78 is 1.60. The van der Waals surface area contributed by atoms with Gasteiger partial charge in [-0.3, -0.25) is 9.59 Å². The molecule has 0 aliphatic rings. The van der Waals surface area contributed by atoms with E-state index in [2.05, 4.69) is 20.9 Å². The molecular formula is C18H17N5O2. The van der Waals surface area contributed by atoms with Crippen LogP contribution in [0.5, 0.6) is 0 Å². The van der Waals surface area contributed by atoms with Crippen molar-refractivity contribution >= 4 is 17.5 Å². The van der Waals surface area contributed by atoms with Crippen LogP contribution >= 0.6 is 0 Å². The van der Waals surface area contributed by atoms with Gasteiger partial charge in [0.25, 0.3) is 11.8 Å². The molecule has 1 heterocycles. The zero-order valence-electron chi connectivity index (χ0n) is 13.6. The van der Waals surface area contributed by atoms with Crippen LogP contribution in [-0.4, -0.2) is 33.9 Å². The second-order valence-corrected chi connectivity index (χ2v) is 5.40. The molecule has 2 amide bonds. The second-order valence-electron chi connectivity index (χ2n) is 5.40. The molecule has 0 aliphatic carbocycles. The molecular weight excluding hydrogens is 318 g/mol. The van der Waals surface area contributed by atoms with Crippen LogP contribution in [-0.2, 0) is 6.54 Å². The van der Waals surface area contributed by atoms with Crippen molar-refractivity contribution in [2.24, 2.45) is 0 Å². The Morgan fingerprint density at radius 3 is 2.60 bits per heavy atom. The summed E-state index contributed by atoms with van der Waals surface area (Å²) in [5.41, 5.74) is 2.26. The molecule has 3 rings (SSSR count). The van der Waals surface area contributed by atoms with E-state index in [4.69, 9.17) is 0 Å². The molecule has 0 bridgehead atoms. The lowest BCUT2D eigenvalue weighted by Gasteiger charge is -2.05. The van der Waals surface area contributed by atoms with Crippen LogP contribution in [0.15, 0.2) is 60.8 Å². The van der Waals surface area contributed by atoms with Crippen LogP contribution in [0.25, 0.3) is 0 Å². The van der Waals surface area contributed by atoms with Gasteiger partial charge in [-0.1, -0.05) is 41.6 Å². The average Bonchev–Trinajstić information content (AvgIpc) is 3.11. The summed E-state index contributed by atoms with van der Waals surface area (Å²) in [5, 5.41) is 13.1. The van der Waals surface area contributed by atoms with Crippen LogP contribution in [0.4, 0.5) is 5.69 Å². The van der Waals surface area contributed by atoms with Crippen molar-refractivity contribution in [1.82, 2.24) is 20.3 Å². The van der Waals surface area contributed by atoms with E-state index in [-0.39, 0.29) is 17.5 Å².